The predicted molar refractivity (Wildman–Crippen MR) is 78.5 cm³/mol. The second kappa shape index (κ2) is 5.55. The Kier molecular flexibility index (Phi) is 4.17. The van der Waals surface area contributed by atoms with Gasteiger partial charge in [-0.15, -0.1) is 0 Å². The van der Waals surface area contributed by atoms with Crippen LogP contribution in [0.2, 0.25) is 0 Å². The van der Waals surface area contributed by atoms with E-state index in [0.29, 0.717) is 6.42 Å². The van der Waals surface area contributed by atoms with Crippen LogP contribution in [-0.2, 0) is 15.7 Å². The van der Waals surface area contributed by atoms with Crippen LogP contribution in [0.3, 0.4) is 0 Å². The summed E-state index contributed by atoms with van der Waals surface area (Å²) in [5.74, 6) is 0. The Morgan fingerprint density at radius 2 is 1.85 bits per heavy atom. The van der Waals surface area contributed by atoms with Crippen LogP contribution in [0.5, 0.6) is 0 Å². The van der Waals surface area contributed by atoms with Crippen LogP contribution in [0.4, 0.5) is 0 Å². The summed E-state index contributed by atoms with van der Waals surface area (Å²) in [5.41, 5.74) is 1.38. The molecule has 0 bridgehead atoms. The summed E-state index contributed by atoms with van der Waals surface area (Å²) in [7, 11) is -0.372. The van der Waals surface area contributed by atoms with Crippen molar-refractivity contribution >= 4 is 12.6 Å². The molecule has 0 N–H and O–H groups in total. The maximum Gasteiger partial charge on any atom is 0.496 e. The van der Waals surface area contributed by atoms with Crippen LogP contribution in [0.15, 0.2) is 18.5 Å². The molecule has 5 heteroatoms. The summed E-state index contributed by atoms with van der Waals surface area (Å²) < 4.78 is 12.0. The van der Waals surface area contributed by atoms with Gasteiger partial charge in [0.25, 0.3) is 0 Å². The lowest BCUT2D eigenvalue weighted by molar-refractivity contribution is 0.00578. The first-order chi connectivity index (χ1) is 9.36. The van der Waals surface area contributed by atoms with E-state index in [0.717, 1.165) is 23.9 Å². The molecule has 2 heterocycles. The molecule has 0 unspecified atom stereocenters. The lowest BCUT2D eigenvalue weighted by Crippen LogP contribution is -2.41. The fraction of sp³-hybridized carbons (Fsp3) is 0.600. The highest BCUT2D eigenvalue weighted by molar-refractivity contribution is 6.62. The molecule has 4 nitrogen and oxygen atoms in total. The molecule has 1 aliphatic heterocycles. The van der Waals surface area contributed by atoms with E-state index in [1.165, 1.54) is 0 Å². The molecule has 0 aliphatic carbocycles. The Labute approximate surface area is 121 Å². The minimum atomic E-state index is -0.372. The lowest BCUT2D eigenvalue weighted by Gasteiger charge is -2.32. The van der Waals surface area contributed by atoms with Gasteiger partial charge in [-0.2, -0.15) is 5.26 Å². The summed E-state index contributed by atoms with van der Waals surface area (Å²) in [4.78, 5) is 4.26. The van der Waals surface area contributed by atoms with Crippen molar-refractivity contribution in [1.29, 1.82) is 5.26 Å². The monoisotopic (exact) mass is 272 g/mol. The molecule has 106 valence electrons. The van der Waals surface area contributed by atoms with Crippen LogP contribution in [-0.4, -0.2) is 23.3 Å². The molecule has 0 aromatic carbocycles. The average Bonchev–Trinajstić information content (AvgIpc) is 2.59. The molecule has 0 atom stereocenters. The second-order valence-electron chi connectivity index (χ2n) is 6.23. The van der Waals surface area contributed by atoms with Gasteiger partial charge in [-0.3, -0.25) is 4.98 Å². The second-order valence-corrected chi connectivity index (χ2v) is 6.23. The van der Waals surface area contributed by atoms with Crippen molar-refractivity contribution in [2.24, 2.45) is 0 Å². The maximum absolute atomic E-state index is 8.58. The Morgan fingerprint density at radius 3 is 2.45 bits per heavy atom. The van der Waals surface area contributed by atoms with E-state index in [9.17, 15) is 0 Å². The van der Waals surface area contributed by atoms with Crippen molar-refractivity contribution in [3.63, 3.8) is 0 Å². The third-order valence-electron chi connectivity index (χ3n) is 4.10. The van der Waals surface area contributed by atoms with Crippen LogP contribution < -0.4 is 5.46 Å². The van der Waals surface area contributed by atoms with Crippen LogP contribution >= 0.6 is 0 Å². The summed E-state index contributed by atoms with van der Waals surface area (Å²) in [6.45, 7) is 8.16. The van der Waals surface area contributed by atoms with Gasteiger partial charge in [-0.1, -0.05) is 6.07 Å². The third-order valence-corrected chi connectivity index (χ3v) is 4.10. The molecule has 20 heavy (non-hydrogen) atoms. The Morgan fingerprint density at radius 1 is 1.20 bits per heavy atom. The SMILES string of the molecule is CC1(C)OB(c2cncc(CCCC#N)c2)OC1(C)C. The molecule has 0 spiro atoms. The molecule has 0 saturated carbocycles. The summed E-state index contributed by atoms with van der Waals surface area (Å²) in [6.07, 6.45) is 5.90. The highest BCUT2D eigenvalue weighted by Gasteiger charge is 2.51. The molecule has 1 aromatic rings. The quantitative estimate of drug-likeness (QED) is 0.623. The summed E-state index contributed by atoms with van der Waals surface area (Å²) in [6, 6.07) is 4.22. The number of pyridine rings is 1. The van der Waals surface area contributed by atoms with Gasteiger partial charge in [0.2, 0.25) is 0 Å². The summed E-state index contributed by atoms with van der Waals surface area (Å²) in [5, 5.41) is 8.58. The van der Waals surface area contributed by atoms with E-state index in [-0.39, 0.29) is 18.3 Å². The van der Waals surface area contributed by atoms with Crippen molar-refractivity contribution in [3.05, 3.63) is 24.0 Å². The maximum atomic E-state index is 8.58. The van der Waals surface area contributed by atoms with Gasteiger partial charge < -0.3 is 9.31 Å². The fourth-order valence-corrected chi connectivity index (χ4v) is 2.12. The molecule has 0 amide bonds. The number of nitriles is 1. The van der Waals surface area contributed by atoms with Crippen molar-refractivity contribution in [2.75, 3.05) is 0 Å². The van der Waals surface area contributed by atoms with Crippen molar-refractivity contribution in [3.8, 4) is 6.07 Å². The van der Waals surface area contributed by atoms with Crippen molar-refractivity contribution in [1.82, 2.24) is 4.98 Å². The van der Waals surface area contributed by atoms with Gasteiger partial charge in [0.05, 0.1) is 17.3 Å². The zero-order valence-electron chi connectivity index (χ0n) is 12.6. The van der Waals surface area contributed by atoms with E-state index in [1.807, 2.05) is 33.9 Å². The molecule has 1 fully saturated rings. The molecule has 1 aromatic heterocycles. The van der Waals surface area contributed by atoms with Crippen LogP contribution in [0.1, 0.15) is 46.1 Å². The van der Waals surface area contributed by atoms with E-state index >= 15 is 0 Å². The molecular weight excluding hydrogens is 251 g/mol. The van der Waals surface area contributed by atoms with Gasteiger partial charge in [0, 0.05) is 24.3 Å². The average molecular weight is 272 g/mol. The van der Waals surface area contributed by atoms with Gasteiger partial charge in [0.15, 0.2) is 0 Å². The summed E-state index contributed by atoms with van der Waals surface area (Å²) >= 11 is 0. The molecule has 2 rings (SSSR count). The number of aryl methyl sites for hydroxylation is 1. The molecule has 1 saturated heterocycles. The number of unbranched alkanes of at least 4 members (excludes halogenated alkanes) is 1. The minimum Gasteiger partial charge on any atom is -0.399 e. The molecule has 0 radical (unpaired) electrons. The van der Waals surface area contributed by atoms with Crippen molar-refractivity contribution in [2.45, 2.75) is 58.2 Å². The smallest absolute Gasteiger partial charge is 0.399 e. The number of rotatable bonds is 4. The van der Waals surface area contributed by atoms with Gasteiger partial charge in [-0.25, -0.2) is 0 Å². The van der Waals surface area contributed by atoms with Crippen LogP contribution in [0.25, 0.3) is 0 Å². The van der Waals surface area contributed by atoms with Gasteiger partial charge in [-0.05, 0) is 46.1 Å². The first-order valence-electron chi connectivity index (χ1n) is 7.02. The molecule has 1 aliphatic rings. The third kappa shape index (κ3) is 3.03. The van der Waals surface area contributed by atoms with E-state index in [4.69, 9.17) is 14.6 Å². The number of hydrogen-bond donors (Lipinski definition) is 0. The Hall–Kier alpha value is -1.38. The highest BCUT2D eigenvalue weighted by Crippen LogP contribution is 2.36. The standard InChI is InChI=1S/C15H21BN2O2/c1-14(2)15(3,4)20-16(19-14)13-9-12(10-18-11-13)7-5-6-8-17/h9-11H,5-7H2,1-4H3. The minimum absolute atomic E-state index is 0.339. The zero-order valence-corrected chi connectivity index (χ0v) is 12.6. The predicted octanol–water partition coefficient (Wildman–Crippen LogP) is 2.23. The van der Waals surface area contributed by atoms with E-state index in [2.05, 4.69) is 17.1 Å². The normalized spacial score (nSPS) is 19.9. The Balaban J connectivity index is 2.11. The van der Waals surface area contributed by atoms with E-state index < -0.39 is 0 Å². The number of hydrogen-bond acceptors (Lipinski definition) is 4. The Bertz CT molecular complexity index is 507. The van der Waals surface area contributed by atoms with E-state index in [1.54, 1.807) is 6.20 Å². The lowest BCUT2D eigenvalue weighted by atomic mass is 9.79. The fourth-order valence-electron chi connectivity index (χ4n) is 2.12. The molecular formula is C15H21BN2O2. The number of nitrogens with zero attached hydrogens (tertiary/aromatic N) is 2. The van der Waals surface area contributed by atoms with Gasteiger partial charge in [0.1, 0.15) is 0 Å². The van der Waals surface area contributed by atoms with Crippen molar-refractivity contribution < 1.29 is 9.31 Å². The highest BCUT2D eigenvalue weighted by atomic mass is 16.7. The largest absolute Gasteiger partial charge is 0.496 e. The first kappa shape index (κ1) is 15.0. The first-order valence-corrected chi connectivity index (χ1v) is 7.02. The number of aromatic nitrogens is 1. The van der Waals surface area contributed by atoms with Crippen LogP contribution in [0, 0.1) is 11.3 Å². The topological polar surface area (TPSA) is 55.1 Å². The van der Waals surface area contributed by atoms with Gasteiger partial charge >= 0.3 is 7.12 Å². The zero-order chi connectivity index (χ0) is 14.8.